The van der Waals surface area contributed by atoms with Crippen molar-refractivity contribution in [2.45, 2.75) is 0 Å². The van der Waals surface area contributed by atoms with Crippen LogP contribution in [-0.2, 0) is 0 Å². The maximum Gasteiger partial charge on any atom is 0.320 e. The van der Waals surface area contributed by atoms with Gasteiger partial charge < -0.3 is 4.42 Å². The molecule has 1 aliphatic heterocycles. The zero-order valence-corrected chi connectivity index (χ0v) is 14.8. The minimum absolute atomic E-state index is 0.00538. The highest BCUT2D eigenvalue weighted by Gasteiger charge is 2.35. The lowest BCUT2D eigenvalue weighted by Gasteiger charge is -2.07. The smallest absolute Gasteiger partial charge is 0.320 e. The quantitative estimate of drug-likeness (QED) is 0.261. The Morgan fingerprint density at radius 1 is 0.714 bits per heavy atom. The fourth-order valence-electron chi connectivity index (χ4n) is 3.77. The van der Waals surface area contributed by atoms with Crippen LogP contribution in [0, 0.1) is 10.1 Å². The first kappa shape index (κ1) is 16.3. The van der Waals surface area contributed by atoms with Crippen molar-refractivity contribution >= 4 is 16.7 Å². The minimum atomic E-state index is -0.338. The highest BCUT2D eigenvalue weighted by atomic mass is 16.6. The van der Waals surface area contributed by atoms with Gasteiger partial charge in [-0.1, -0.05) is 78.9 Å². The van der Waals surface area contributed by atoms with Gasteiger partial charge in [-0.15, -0.1) is 0 Å². The molecule has 0 aromatic heterocycles. The van der Waals surface area contributed by atoms with Crippen molar-refractivity contribution in [2.24, 2.45) is 0 Å². The Labute approximate surface area is 161 Å². The molecular weight excluding hydrogens is 350 g/mol. The van der Waals surface area contributed by atoms with E-state index >= 15 is 0 Å². The van der Waals surface area contributed by atoms with E-state index in [4.69, 9.17) is 4.42 Å². The molecule has 1 heterocycles. The fraction of sp³-hybridized carbons (Fsp3) is 0. The molecule has 0 N–H and O–H groups in total. The second-order valence-electron chi connectivity index (χ2n) is 6.61. The SMILES string of the molecule is O=[N+]([O-])c1c2oc3ccccc3cc-2c(-c2ccccc2)c1-c1ccccc1. The van der Waals surface area contributed by atoms with Gasteiger partial charge in [-0.3, -0.25) is 10.1 Å². The van der Waals surface area contributed by atoms with Crippen molar-refractivity contribution in [1.29, 1.82) is 0 Å². The number of benzene rings is 3. The van der Waals surface area contributed by atoms with Crippen LogP contribution in [0.2, 0.25) is 0 Å². The fourth-order valence-corrected chi connectivity index (χ4v) is 3.77. The summed E-state index contributed by atoms with van der Waals surface area (Å²) in [6, 6.07) is 28.8. The first-order valence-corrected chi connectivity index (χ1v) is 8.97. The van der Waals surface area contributed by atoms with Crippen molar-refractivity contribution < 1.29 is 9.34 Å². The second-order valence-corrected chi connectivity index (χ2v) is 6.61. The molecule has 0 fully saturated rings. The van der Waals surface area contributed by atoms with Gasteiger partial charge in [0.15, 0.2) is 0 Å². The lowest BCUT2D eigenvalue weighted by molar-refractivity contribution is -0.383. The van der Waals surface area contributed by atoms with Gasteiger partial charge in [0.1, 0.15) is 5.58 Å². The number of nitrogens with zero attached hydrogens (tertiary/aromatic N) is 1. The Morgan fingerprint density at radius 3 is 1.93 bits per heavy atom. The average molecular weight is 365 g/mol. The number of hydrogen-bond donors (Lipinski definition) is 0. The van der Waals surface area contributed by atoms with Gasteiger partial charge >= 0.3 is 5.69 Å². The standard InChI is InChI=1S/C24H15NO3/c26-25(27)23-22(17-11-5-2-6-12-17)21(16-9-3-1-4-10-16)19-15-18-13-7-8-14-20(18)28-24(19)23/h1-15H. The van der Waals surface area contributed by atoms with Gasteiger partial charge in [0.25, 0.3) is 0 Å². The maximum absolute atomic E-state index is 12.1. The molecule has 0 saturated heterocycles. The van der Waals surface area contributed by atoms with Crippen LogP contribution < -0.4 is 0 Å². The van der Waals surface area contributed by atoms with Gasteiger partial charge in [0.2, 0.25) is 5.76 Å². The molecule has 4 nitrogen and oxygen atoms in total. The highest BCUT2D eigenvalue weighted by Crippen LogP contribution is 2.53. The Bertz CT molecular complexity index is 1270. The normalized spacial score (nSPS) is 11.1. The number of hydrogen-bond acceptors (Lipinski definition) is 3. The summed E-state index contributed by atoms with van der Waals surface area (Å²) < 4.78 is 6.06. The van der Waals surface area contributed by atoms with Crippen molar-refractivity contribution in [3.63, 3.8) is 0 Å². The molecule has 0 radical (unpaired) electrons. The molecule has 134 valence electrons. The highest BCUT2D eigenvalue weighted by molar-refractivity contribution is 6.07. The molecule has 3 aromatic rings. The zero-order valence-electron chi connectivity index (χ0n) is 14.8. The number of nitro groups is 1. The zero-order chi connectivity index (χ0) is 19.1. The molecule has 0 bridgehead atoms. The van der Waals surface area contributed by atoms with Gasteiger partial charge in [-0.2, -0.15) is 0 Å². The Hall–Kier alpha value is -3.92. The molecule has 28 heavy (non-hydrogen) atoms. The van der Waals surface area contributed by atoms with Crippen molar-refractivity contribution in [3.05, 3.63) is 101 Å². The number of para-hydroxylation sites is 1. The van der Waals surface area contributed by atoms with Crippen LogP contribution in [0.4, 0.5) is 5.69 Å². The first-order chi connectivity index (χ1) is 13.7. The molecule has 3 aromatic carbocycles. The molecule has 0 spiro atoms. The van der Waals surface area contributed by atoms with Crippen LogP contribution in [0.3, 0.4) is 0 Å². The van der Waals surface area contributed by atoms with Gasteiger partial charge in [0.05, 0.1) is 10.5 Å². The lowest BCUT2D eigenvalue weighted by Crippen LogP contribution is -1.90. The predicted molar refractivity (Wildman–Crippen MR) is 110 cm³/mol. The monoisotopic (exact) mass is 365 g/mol. The molecule has 2 aliphatic rings. The lowest BCUT2D eigenvalue weighted by atomic mass is 9.96. The van der Waals surface area contributed by atoms with Crippen LogP contribution in [0.15, 0.2) is 95.4 Å². The van der Waals surface area contributed by atoms with Gasteiger partial charge in [-0.05, 0) is 23.3 Å². The molecule has 0 saturated carbocycles. The summed E-state index contributed by atoms with van der Waals surface area (Å²) in [5, 5.41) is 13.0. The molecule has 5 rings (SSSR count). The van der Waals surface area contributed by atoms with Crippen molar-refractivity contribution in [3.8, 4) is 33.6 Å². The van der Waals surface area contributed by atoms with Crippen molar-refractivity contribution in [2.75, 3.05) is 0 Å². The van der Waals surface area contributed by atoms with Gasteiger partial charge in [-0.25, -0.2) is 0 Å². The van der Waals surface area contributed by atoms with Gasteiger partial charge in [0, 0.05) is 16.5 Å². The van der Waals surface area contributed by atoms with E-state index in [1.54, 1.807) is 0 Å². The summed E-state index contributed by atoms with van der Waals surface area (Å²) in [4.78, 5) is 11.8. The molecule has 0 atom stereocenters. The Morgan fingerprint density at radius 2 is 1.29 bits per heavy atom. The number of rotatable bonds is 3. The molecule has 1 aliphatic carbocycles. The van der Waals surface area contributed by atoms with Crippen LogP contribution >= 0.6 is 0 Å². The number of fused-ring (bicyclic) bond motifs is 2. The predicted octanol–water partition coefficient (Wildman–Crippen LogP) is 6.78. The molecule has 0 unspecified atom stereocenters. The summed E-state index contributed by atoms with van der Waals surface area (Å²) in [5.74, 6) is 0.307. The summed E-state index contributed by atoms with van der Waals surface area (Å²) in [6.07, 6.45) is 0. The average Bonchev–Trinajstić information content (AvgIpc) is 3.07. The van der Waals surface area contributed by atoms with Crippen LogP contribution in [0.5, 0.6) is 0 Å². The minimum Gasteiger partial charge on any atom is -0.449 e. The van der Waals surface area contributed by atoms with E-state index in [-0.39, 0.29) is 10.6 Å². The third-order valence-electron chi connectivity index (χ3n) is 4.95. The Kier molecular flexibility index (Phi) is 3.69. The summed E-state index contributed by atoms with van der Waals surface area (Å²) in [7, 11) is 0. The Balaban J connectivity index is 1.99. The van der Waals surface area contributed by atoms with Crippen LogP contribution in [0.1, 0.15) is 0 Å². The largest absolute Gasteiger partial charge is 0.449 e. The molecular formula is C24H15NO3. The second kappa shape index (κ2) is 6.35. The van der Waals surface area contributed by atoms with Crippen molar-refractivity contribution in [1.82, 2.24) is 0 Å². The maximum atomic E-state index is 12.1. The van der Waals surface area contributed by atoms with E-state index < -0.39 is 0 Å². The van der Waals surface area contributed by atoms with E-state index in [9.17, 15) is 10.1 Å². The third kappa shape index (κ3) is 2.47. The first-order valence-electron chi connectivity index (χ1n) is 8.97. The van der Waals surface area contributed by atoms with E-state index in [0.717, 1.165) is 27.6 Å². The summed E-state index contributed by atoms with van der Waals surface area (Å²) in [6.45, 7) is 0. The summed E-state index contributed by atoms with van der Waals surface area (Å²) in [5.41, 5.74) is 4.51. The molecule has 0 amide bonds. The van der Waals surface area contributed by atoms with E-state index in [0.29, 0.717) is 16.9 Å². The van der Waals surface area contributed by atoms with E-state index in [1.165, 1.54) is 0 Å². The van der Waals surface area contributed by atoms with E-state index in [1.807, 2.05) is 91.0 Å². The van der Waals surface area contributed by atoms with Crippen LogP contribution in [0.25, 0.3) is 44.5 Å². The molecule has 4 heteroatoms. The van der Waals surface area contributed by atoms with Crippen LogP contribution in [-0.4, -0.2) is 4.92 Å². The topological polar surface area (TPSA) is 56.3 Å². The third-order valence-corrected chi connectivity index (χ3v) is 4.95. The summed E-state index contributed by atoms with van der Waals surface area (Å²) >= 11 is 0. The van der Waals surface area contributed by atoms with E-state index in [2.05, 4.69) is 0 Å².